The molecule has 1 unspecified atom stereocenters. The van der Waals surface area contributed by atoms with E-state index in [9.17, 15) is 9.59 Å². The van der Waals surface area contributed by atoms with Gasteiger partial charge in [-0.2, -0.15) is 0 Å². The molecule has 0 bridgehead atoms. The first-order valence-corrected chi connectivity index (χ1v) is 15.0. The third-order valence-corrected chi connectivity index (χ3v) is 8.11. The van der Waals surface area contributed by atoms with Gasteiger partial charge in [-0.3, -0.25) is 9.59 Å². The molecule has 2 amide bonds. The van der Waals surface area contributed by atoms with E-state index in [2.05, 4.69) is 75.5 Å². The second-order valence-corrected chi connectivity index (χ2v) is 12.5. The molecule has 1 atom stereocenters. The lowest BCUT2D eigenvalue weighted by molar-refractivity contribution is -0.141. The van der Waals surface area contributed by atoms with Crippen LogP contribution in [-0.2, 0) is 34.4 Å². The SMILES string of the molecule is Cc1cccc(CN(C(=O)CCc2ccc(C(C)(C)C)cc2)C(Cc2ccccc2)C(=O)NC2CCCCC2)c1. The molecule has 40 heavy (non-hydrogen) atoms. The fraction of sp³-hybridized carbons (Fsp3) is 0.444. The first-order valence-electron chi connectivity index (χ1n) is 15.0. The maximum Gasteiger partial charge on any atom is 0.243 e. The number of carbonyl (C=O) groups is 2. The number of hydrogen-bond donors (Lipinski definition) is 1. The number of rotatable bonds is 10. The zero-order valence-electron chi connectivity index (χ0n) is 24.8. The first kappa shape index (κ1) is 29.6. The highest BCUT2D eigenvalue weighted by molar-refractivity contribution is 5.88. The van der Waals surface area contributed by atoms with Crippen LogP contribution in [0.5, 0.6) is 0 Å². The van der Waals surface area contributed by atoms with Gasteiger partial charge in [0.1, 0.15) is 6.04 Å². The largest absolute Gasteiger partial charge is 0.352 e. The standard InChI is InChI=1S/C36H46N2O2/c1-27-12-11-15-30(24-27)26-38(34(39)23-20-28-18-21-31(22-19-28)36(2,3)4)33(25-29-13-7-5-8-14-29)35(40)37-32-16-9-6-10-17-32/h5,7-8,11-15,18-19,21-22,24,32-33H,6,9-10,16-17,20,23,25-26H2,1-4H3,(H,37,40). The summed E-state index contributed by atoms with van der Waals surface area (Å²) in [5.74, 6) is -0.0209. The fourth-order valence-electron chi connectivity index (χ4n) is 5.67. The Kier molecular flexibility index (Phi) is 10.2. The smallest absolute Gasteiger partial charge is 0.243 e. The normalized spacial score (nSPS) is 14.9. The average molecular weight is 539 g/mol. The Morgan fingerprint density at radius 3 is 2.17 bits per heavy atom. The molecule has 4 nitrogen and oxygen atoms in total. The molecule has 1 aliphatic carbocycles. The van der Waals surface area contributed by atoms with Crippen LogP contribution in [0.4, 0.5) is 0 Å². The van der Waals surface area contributed by atoms with Crippen LogP contribution in [0, 0.1) is 6.92 Å². The molecule has 1 aliphatic rings. The molecule has 4 rings (SSSR count). The molecule has 0 aliphatic heterocycles. The molecule has 0 aromatic heterocycles. The van der Waals surface area contributed by atoms with Crippen molar-refractivity contribution in [3.05, 3.63) is 107 Å². The molecule has 3 aromatic carbocycles. The van der Waals surface area contributed by atoms with Gasteiger partial charge < -0.3 is 10.2 Å². The predicted molar refractivity (Wildman–Crippen MR) is 164 cm³/mol. The van der Waals surface area contributed by atoms with E-state index in [0.29, 0.717) is 25.8 Å². The van der Waals surface area contributed by atoms with Crippen molar-refractivity contribution in [1.82, 2.24) is 10.2 Å². The van der Waals surface area contributed by atoms with Gasteiger partial charge in [-0.1, -0.05) is 124 Å². The Morgan fingerprint density at radius 1 is 0.850 bits per heavy atom. The van der Waals surface area contributed by atoms with Gasteiger partial charge in [0, 0.05) is 25.4 Å². The summed E-state index contributed by atoms with van der Waals surface area (Å²) >= 11 is 0. The predicted octanol–water partition coefficient (Wildman–Crippen LogP) is 7.31. The third kappa shape index (κ3) is 8.55. The van der Waals surface area contributed by atoms with Crippen molar-refractivity contribution in [2.75, 3.05) is 0 Å². The van der Waals surface area contributed by atoms with Crippen molar-refractivity contribution in [2.45, 2.75) is 103 Å². The summed E-state index contributed by atoms with van der Waals surface area (Å²) in [6.07, 6.45) is 7.06. The quantitative estimate of drug-likeness (QED) is 0.294. The zero-order valence-corrected chi connectivity index (χ0v) is 24.8. The van der Waals surface area contributed by atoms with Gasteiger partial charge in [0.2, 0.25) is 11.8 Å². The van der Waals surface area contributed by atoms with Crippen molar-refractivity contribution >= 4 is 11.8 Å². The van der Waals surface area contributed by atoms with E-state index in [1.165, 1.54) is 12.0 Å². The number of hydrogen-bond acceptors (Lipinski definition) is 2. The van der Waals surface area contributed by atoms with E-state index in [-0.39, 0.29) is 23.3 Å². The van der Waals surface area contributed by atoms with Crippen LogP contribution in [0.3, 0.4) is 0 Å². The van der Waals surface area contributed by atoms with Crippen LogP contribution in [-0.4, -0.2) is 28.8 Å². The van der Waals surface area contributed by atoms with Crippen molar-refractivity contribution in [1.29, 1.82) is 0 Å². The van der Waals surface area contributed by atoms with Crippen LogP contribution >= 0.6 is 0 Å². The van der Waals surface area contributed by atoms with Gasteiger partial charge in [0.15, 0.2) is 0 Å². The highest BCUT2D eigenvalue weighted by Gasteiger charge is 2.31. The zero-order chi connectivity index (χ0) is 28.5. The molecule has 0 saturated heterocycles. The second-order valence-electron chi connectivity index (χ2n) is 12.5. The van der Waals surface area contributed by atoms with Crippen LogP contribution in [0.2, 0.25) is 0 Å². The summed E-state index contributed by atoms with van der Waals surface area (Å²) in [7, 11) is 0. The number of aryl methyl sites for hydroxylation is 2. The third-order valence-electron chi connectivity index (χ3n) is 8.11. The molecule has 1 N–H and O–H groups in total. The Morgan fingerprint density at radius 2 is 1.52 bits per heavy atom. The molecular formula is C36H46N2O2. The lowest BCUT2D eigenvalue weighted by Gasteiger charge is -2.33. The maximum absolute atomic E-state index is 14.0. The molecule has 4 heteroatoms. The van der Waals surface area contributed by atoms with Crippen molar-refractivity contribution in [2.24, 2.45) is 0 Å². The summed E-state index contributed by atoms with van der Waals surface area (Å²) in [5.41, 5.74) is 5.77. The summed E-state index contributed by atoms with van der Waals surface area (Å²) in [4.78, 5) is 29.8. The lowest BCUT2D eigenvalue weighted by Crippen LogP contribution is -2.52. The van der Waals surface area contributed by atoms with Crippen LogP contribution in [0.1, 0.15) is 87.1 Å². The Labute approximate surface area is 241 Å². The Hall–Kier alpha value is -3.40. The summed E-state index contributed by atoms with van der Waals surface area (Å²) < 4.78 is 0. The summed E-state index contributed by atoms with van der Waals surface area (Å²) in [6, 6.07) is 26.6. The van der Waals surface area contributed by atoms with E-state index in [1.807, 2.05) is 41.3 Å². The van der Waals surface area contributed by atoms with Gasteiger partial charge >= 0.3 is 0 Å². The monoisotopic (exact) mass is 538 g/mol. The fourth-order valence-corrected chi connectivity index (χ4v) is 5.67. The molecule has 0 heterocycles. The van der Waals surface area contributed by atoms with Crippen molar-refractivity contribution in [3.8, 4) is 0 Å². The molecule has 3 aromatic rings. The van der Waals surface area contributed by atoms with Gasteiger partial charge in [0.25, 0.3) is 0 Å². The lowest BCUT2D eigenvalue weighted by atomic mass is 9.86. The highest BCUT2D eigenvalue weighted by Crippen LogP contribution is 2.24. The molecule has 1 saturated carbocycles. The molecule has 1 fully saturated rings. The van der Waals surface area contributed by atoms with Crippen LogP contribution in [0.25, 0.3) is 0 Å². The molecule has 0 spiro atoms. The van der Waals surface area contributed by atoms with Gasteiger partial charge in [-0.15, -0.1) is 0 Å². The number of nitrogens with one attached hydrogen (secondary N) is 1. The summed E-state index contributed by atoms with van der Waals surface area (Å²) in [5, 5.41) is 3.33. The van der Waals surface area contributed by atoms with Crippen molar-refractivity contribution < 1.29 is 9.59 Å². The highest BCUT2D eigenvalue weighted by atomic mass is 16.2. The van der Waals surface area contributed by atoms with E-state index >= 15 is 0 Å². The number of amides is 2. The topological polar surface area (TPSA) is 49.4 Å². The van der Waals surface area contributed by atoms with Crippen LogP contribution < -0.4 is 5.32 Å². The second kappa shape index (κ2) is 13.8. The number of benzene rings is 3. The Bertz CT molecular complexity index is 1240. The van der Waals surface area contributed by atoms with Crippen molar-refractivity contribution in [3.63, 3.8) is 0 Å². The molecular weight excluding hydrogens is 492 g/mol. The van der Waals surface area contributed by atoms with E-state index in [1.54, 1.807) is 0 Å². The van der Waals surface area contributed by atoms with Gasteiger partial charge in [-0.25, -0.2) is 0 Å². The van der Waals surface area contributed by atoms with Crippen LogP contribution in [0.15, 0.2) is 78.9 Å². The maximum atomic E-state index is 14.0. The van der Waals surface area contributed by atoms with E-state index in [4.69, 9.17) is 0 Å². The first-order chi connectivity index (χ1) is 19.2. The number of nitrogens with zero attached hydrogens (tertiary/aromatic N) is 1. The molecule has 212 valence electrons. The minimum atomic E-state index is -0.569. The summed E-state index contributed by atoms with van der Waals surface area (Å²) in [6.45, 7) is 9.10. The number of carbonyl (C=O) groups excluding carboxylic acids is 2. The average Bonchev–Trinajstić information content (AvgIpc) is 2.94. The minimum Gasteiger partial charge on any atom is -0.352 e. The van der Waals surface area contributed by atoms with E-state index in [0.717, 1.165) is 47.9 Å². The van der Waals surface area contributed by atoms with Gasteiger partial charge in [0.05, 0.1) is 0 Å². The Balaban J connectivity index is 1.59. The minimum absolute atomic E-state index is 0.0149. The van der Waals surface area contributed by atoms with Gasteiger partial charge in [-0.05, 0) is 53.9 Å². The van der Waals surface area contributed by atoms with E-state index < -0.39 is 6.04 Å². The molecule has 0 radical (unpaired) electrons.